The summed E-state index contributed by atoms with van der Waals surface area (Å²) in [5.74, 6) is 0.674. The molecule has 114 valence electrons. The summed E-state index contributed by atoms with van der Waals surface area (Å²) < 4.78 is 26.7. The Kier molecular flexibility index (Phi) is 2.89. The van der Waals surface area contributed by atoms with Gasteiger partial charge in [0.05, 0.1) is 5.52 Å². The molecule has 1 fully saturated rings. The summed E-state index contributed by atoms with van der Waals surface area (Å²) in [5, 5.41) is 1.01. The van der Waals surface area contributed by atoms with E-state index in [4.69, 9.17) is 0 Å². The quantitative estimate of drug-likeness (QED) is 0.860. The third-order valence-electron chi connectivity index (χ3n) is 4.79. The van der Waals surface area contributed by atoms with E-state index in [2.05, 4.69) is 12.1 Å². The van der Waals surface area contributed by atoms with Crippen LogP contribution in [0.25, 0.3) is 10.9 Å². The number of aromatic nitrogens is 1. The number of nitrogens with zero attached hydrogens (tertiary/aromatic N) is 1. The van der Waals surface area contributed by atoms with E-state index in [1.165, 1.54) is 22.4 Å². The highest BCUT2D eigenvalue weighted by Gasteiger charge is 2.38. The third kappa shape index (κ3) is 1.97. The van der Waals surface area contributed by atoms with Crippen LogP contribution in [0.1, 0.15) is 37.7 Å². The van der Waals surface area contributed by atoms with E-state index >= 15 is 0 Å². The van der Waals surface area contributed by atoms with Gasteiger partial charge in [-0.2, -0.15) is 0 Å². The molecule has 1 saturated carbocycles. The second-order valence-corrected chi connectivity index (χ2v) is 8.79. The third-order valence-corrected chi connectivity index (χ3v) is 7.11. The van der Waals surface area contributed by atoms with E-state index in [0.29, 0.717) is 12.3 Å². The molecule has 0 saturated heterocycles. The largest absolute Gasteiger partial charge is 0.248 e. The van der Waals surface area contributed by atoms with Crippen molar-refractivity contribution in [1.82, 2.24) is 3.97 Å². The van der Waals surface area contributed by atoms with Gasteiger partial charge in [0.25, 0.3) is 0 Å². The van der Waals surface area contributed by atoms with Gasteiger partial charge in [0.1, 0.15) is 4.75 Å². The molecule has 0 spiro atoms. The maximum absolute atomic E-state index is 13.1. The number of benzene rings is 1. The van der Waals surface area contributed by atoms with Crippen LogP contribution in [0.3, 0.4) is 0 Å². The van der Waals surface area contributed by atoms with Crippen molar-refractivity contribution < 1.29 is 8.42 Å². The second kappa shape index (κ2) is 4.59. The summed E-state index contributed by atoms with van der Waals surface area (Å²) in [7, 11) is -3.48. The van der Waals surface area contributed by atoms with Crippen LogP contribution in [0.15, 0.2) is 54.8 Å². The lowest BCUT2D eigenvalue weighted by atomic mass is 10.0. The lowest BCUT2D eigenvalue weighted by Crippen LogP contribution is -2.37. The van der Waals surface area contributed by atoms with E-state index in [1.807, 2.05) is 30.4 Å². The van der Waals surface area contributed by atoms with Gasteiger partial charge in [-0.25, -0.2) is 12.4 Å². The molecular formula is C18H19NO2S. The first kappa shape index (κ1) is 13.8. The standard InChI is InChI=1S/C18H19NO2S/c1-18(10-3-2-4-11-18)22(20,21)19-12-9-16-13-15(14-5-6-14)7-8-17(16)19/h2-4,7-10,12-14H,5-6,11H2,1H3. The molecule has 2 aliphatic carbocycles. The fourth-order valence-electron chi connectivity index (χ4n) is 3.14. The molecule has 1 heterocycles. The summed E-state index contributed by atoms with van der Waals surface area (Å²) in [6, 6.07) is 8.07. The SMILES string of the molecule is CC1(S(=O)(=O)n2ccc3cc(C4CC4)ccc32)C=CC=CC1. The monoisotopic (exact) mass is 313 g/mol. The van der Waals surface area contributed by atoms with Crippen molar-refractivity contribution in [3.05, 3.63) is 60.3 Å². The molecular weight excluding hydrogens is 294 g/mol. The van der Waals surface area contributed by atoms with Crippen molar-refractivity contribution in [1.29, 1.82) is 0 Å². The van der Waals surface area contributed by atoms with Gasteiger partial charge in [-0.05, 0) is 55.9 Å². The Balaban J connectivity index is 1.83. The lowest BCUT2D eigenvalue weighted by molar-refractivity contribution is 0.555. The Morgan fingerprint density at radius 1 is 1.18 bits per heavy atom. The number of allylic oxidation sites excluding steroid dienone is 3. The Morgan fingerprint density at radius 3 is 2.68 bits per heavy atom. The minimum Gasteiger partial charge on any atom is -0.244 e. The van der Waals surface area contributed by atoms with Crippen LogP contribution in [0.4, 0.5) is 0 Å². The number of rotatable bonds is 3. The molecule has 1 aromatic carbocycles. The first-order valence-electron chi connectivity index (χ1n) is 7.72. The zero-order valence-corrected chi connectivity index (χ0v) is 13.4. The Morgan fingerprint density at radius 2 is 2.00 bits per heavy atom. The first-order valence-corrected chi connectivity index (χ1v) is 9.16. The Labute approximate surface area is 131 Å². The van der Waals surface area contributed by atoms with Crippen molar-refractivity contribution in [3.63, 3.8) is 0 Å². The van der Waals surface area contributed by atoms with Gasteiger partial charge in [0.2, 0.25) is 10.0 Å². The Bertz CT molecular complexity index is 900. The summed E-state index contributed by atoms with van der Waals surface area (Å²) in [6.45, 7) is 1.78. The highest BCUT2D eigenvalue weighted by Crippen LogP contribution is 2.41. The fraction of sp³-hybridized carbons (Fsp3) is 0.333. The van der Waals surface area contributed by atoms with Crippen LogP contribution in [-0.2, 0) is 10.0 Å². The molecule has 2 aliphatic rings. The maximum atomic E-state index is 13.1. The average Bonchev–Trinajstić information content (AvgIpc) is 3.26. The van der Waals surface area contributed by atoms with Gasteiger partial charge >= 0.3 is 0 Å². The zero-order valence-electron chi connectivity index (χ0n) is 12.6. The van der Waals surface area contributed by atoms with E-state index < -0.39 is 14.8 Å². The highest BCUT2D eigenvalue weighted by molar-refractivity contribution is 7.91. The predicted molar refractivity (Wildman–Crippen MR) is 89.5 cm³/mol. The fourth-order valence-corrected chi connectivity index (χ4v) is 4.79. The van der Waals surface area contributed by atoms with Crippen LogP contribution >= 0.6 is 0 Å². The van der Waals surface area contributed by atoms with Gasteiger partial charge in [-0.15, -0.1) is 0 Å². The molecule has 3 nitrogen and oxygen atoms in total. The first-order chi connectivity index (χ1) is 10.5. The minimum absolute atomic E-state index is 0.506. The molecule has 0 radical (unpaired) electrons. The number of fused-ring (bicyclic) bond motifs is 1. The van der Waals surface area contributed by atoms with Gasteiger partial charge in [0, 0.05) is 11.6 Å². The van der Waals surface area contributed by atoms with Crippen molar-refractivity contribution in [3.8, 4) is 0 Å². The Hall–Kier alpha value is -1.81. The summed E-state index contributed by atoms with van der Waals surface area (Å²) in [5.41, 5.74) is 2.10. The van der Waals surface area contributed by atoms with Crippen LogP contribution in [0, 0.1) is 0 Å². The van der Waals surface area contributed by atoms with Gasteiger partial charge in [0.15, 0.2) is 0 Å². The van der Waals surface area contributed by atoms with Gasteiger partial charge < -0.3 is 0 Å². The molecule has 0 amide bonds. The molecule has 4 heteroatoms. The molecule has 0 aliphatic heterocycles. The zero-order chi connectivity index (χ0) is 15.4. The van der Waals surface area contributed by atoms with Crippen LogP contribution in [0.5, 0.6) is 0 Å². The van der Waals surface area contributed by atoms with Crippen molar-refractivity contribution in [2.75, 3.05) is 0 Å². The molecule has 4 rings (SSSR count). The van der Waals surface area contributed by atoms with Crippen molar-refractivity contribution in [2.45, 2.75) is 36.9 Å². The average molecular weight is 313 g/mol. The van der Waals surface area contributed by atoms with E-state index in [-0.39, 0.29) is 0 Å². The van der Waals surface area contributed by atoms with Crippen LogP contribution in [0.2, 0.25) is 0 Å². The molecule has 1 unspecified atom stereocenters. The minimum atomic E-state index is -3.48. The van der Waals surface area contributed by atoms with E-state index in [9.17, 15) is 8.42 Å². The van der Waals surface area contributed by atoms with E-state index in [0.717, 1.165) is 10.9 Å². The molecule has 0 N–H and O–H groups in total. The van der Waals surface area contributed by atoms with Crippen LogP contribution in [-0.4, -0.2) is 17.1 Å². The molecule has 1 atom stereocenters. The van der Waals surface area contributed by atoms with E-state index in [1.54, 1.807) is 19.2 Å². The summed E-state index contributed by atoms with van der Waals surface area (Å²) >= 11 is 0. The predicted octanol–water partition coefficient (Wildman–Crippen LogP) is 3.97. The number of hydrogen-bond acceptors (Lipinski definition) is 2. The normalized spacial score (nSPS) is 25.0. The smallest absolute Gasteiger partial charge is 0.244 e. The molecule has 0 bridgehead atoms. The summed E-state index contributed by atoms with van der Waals surface area (Å²) in [6.07, 6.45) is 12.1. The summed E-state index contributed by atoms with van der Waals surface area (Å²) in [4.78, 5) is 0. The highest BCUT2D eigenvalue weighted by atomic mass is 32.2. The van der Waals surface area contributed by atoms with Crippen LogP contribution < -0.4 is 0 Å². The van der Waals surface area contributed by atoms with Gasteiger partial charge in [-0.1, -0.05) is 30.4 Å². The van der Waals surface area contributed by atoms with Crippen molar-refractivity contribution in [2.24, 2.45) is 0 Å². The second-order valence-electron chi connectivity index (χ2n) is 6.51. The molecule has 1 aromatic heterocycles. The number of hydrogen-bond donors (Lipinski definition) is 0. The van der Waals surface area contributed by atoms with Crippen molar-refractivity contribution >= 4 is 20.9 Å². The van der Waals surface area contributed by atoms with Gasteiger partial charge in [-0.3, -0.25) is 0 Å². The molecule has 2 aromatic rings. The topological polar surface area (TPSA) is 39.1 Å². The lowest BCUT2D eigenvalue weighted by Gasteiger charge is -2.27. The molecule has 22 heavy (non-hydrogen) atoms. The maximum Gasteiger partial charge on any atom is 0.248 e.